The molecule has 2 aromatic carbocycles. The van der Waals surface area contributed by atoms with Gasteiger partial charge in [-0.15, -0.1) is 0 Å². The fourth-order valence-corrected chi connectivity index (χ4v) is 3.44. The Morgan fingerprint density at radius 3 is 2.20 bits per heavy atom. The van der Waals surface area contributed by atoms with Crippen LogP contribution < -0.4 is 5.32 Å². The highest BCUT2D eigenvalue weighted by Gasteiger charge is 2.13. The summed E-state index contributed by atoms with van der Waals surface area (Å²) < 4.78 is 25.0. The van der Waals surface area contributed by atoms with Crippen LogP contribution in [0.4, 0.5) is 10.1 Å². The summed E-state index contributed by atoms with van der Waals surface area (Å²) in [4.78, 5) is 11.9. The minimum atomic E-state index is -1.10. The van der Waals surface area contributed by atoms with Crippen LogP contribution in [0.5, 0.6) is 0 Å². The Labute approximate surface area is 151 Å². The Balaban J connectivity index is 1.80. The summed E-state index contributed by atoms with van der Waals surface area (Å²) in [5, 5.41) is 2.67. The van der Waals surface area contributed by atoms with E-state index in [-0.39, 0.29) is 23.6 Å². The lowest BCUT2D eigenvalue weighted by Crippen LogP contribution is -2.15. The van der Waals surface area contributed by atoms with E-state index in [0.717, 1.165) is 5.56 Å². The molecule has 1 N–H and O–H groups in total. The first kappa shape index (κ1) is 19.3. The minimum absolute atomic E-state index is 0.0934. The van der Waals surface area contributed by atoms with Gasteiger partial charge >= 0.3 is 0 Å². The molecule has 1 unspecified atom stereocenters. The van der Waals surface area contributed by atoms with Gasteiger partial charge in [0.1, 0.15) is 5.82 Å². The van der Waals surface area contributed by atoms with Crippen molar-refractivity contribution in [2.24, 2.45) is 0 Å². The minimum Gasteiger partial charge on any atom is -0.326 e. The van der Waals surface area contributed by atoms with Crippen molar-refractivity contribution < 1.29 is 13.4 Å². The van der Waals surface area contributed by atoms with Crippen LogP contribution >= 0.6 is 0 Å². The van der Waals surface area contributed by atoms with Gasteiger partial charge in [-0.05, 0) is 40.8 Å². The van der Waals surface area contributed by atoms with E-state index in [1.165, 1.54) is 29.8 Å². The molecule has 25 heavy (non-hydrogen) atoms. The average Bonchev–Trinajstić information content (AvgIpc) is 2.55. The second kappa shape index (κ2) is 8.39. The molecule has 0 saturated heterocycles. The highest BCUT2D eigenvalue weighted by molar-refractivity contribution is 7.84. The van der Waals surface area contributed by atoms with E-state index in [2.05, 4.69) is 38.2 Å². The smallest absolute Gasteiger partial charge is 0.225 e. The molecule has 0 spiro atoms. The maximum Gasteiger partial charge on any atom is 0.225 e. The van der Waals surface area contributed by atoms with Gasteiger partial charge in [0.05, 0.1) is 0 Å². The zero-order valence-electron chi connectivity index (χ0n) is 14.8. The molecule has 134 valence electrons. The molecule has 0 bridgehead atoms. The van der Waals surface area contributed by atoms with Crippen LogP contribution in [0.15, 0.2) is 48.5 Å². The number of carbonyl (C=O) groups is 1. The van der Waals surface area contributed by atoms with Crippen molar-refractivity contribution in [2.45, 2.75) is 38.4 Å². The van der Waals surface area contributed by atoms with E-state index in [0.29, 0.717) is 17.2 Å². The third kappa shape index (κ3) is 6.42. The van der Waals surface area contributed by atoms with Gasteiger partial charge in [0.2, 0.25) is 5.91 Å². The predicted octanol–water partition coefficient (Wildman–Crippen LogP) is 4.40. The number of anilines is 1. The second-order valence-corrected chi connectivity index (χ2v) is 8.62. The zero-order valence-corrected chi connectivity index (χ0v) is 15.7. The number of nitrogens with one attached hydrogen (secondary N) is 1. The summed E-state index contributed by atoms with van der Waals surface area (Å²) in [5.41, 5.74) is 2.87. The zero-order chi connectivity index (χ0) is 18.4. The van der Waals surface area contributed by atoms with Gasteiger partial charge in [-0.1, -0.05) is 45.0 Å². The number of carbonyl (C=O) groups excluding carboxylic acids is 1. The summed E-state index contributed by atoms with van der Waals surface area (Å²) in [6.07, 6.45) is 0.171. The van der Waals surface area contributed by atoms with E-state index < -0.39 is 10.8 Å². The molecule has 0 heterocycles. The van der Waals surface area contributed by atoms with Crippen molar-refractivity contribution in [3.05, 3.63) is 65.5 Å². The highest BCUT2D eigenvalue weighted by atomic mass is 32.2. The molecule has 2 rings (SSSR count). The first-order chi connectivity index (χ1) is 11.7. The predicted molar refractivity (Wildman–Crippen MR) is 102 cm³/mol. The molecule has 1 amide bonds. The maximum absolute atomic E-state index is 12.8. The van der Waals surface area contributed by atoms with Gasteiger partial charge in [0.25, 0.3) is 0 Å². The van der Waals surface area contributed by atoms with E-state index in [9.17, 15) is 13.4 Å². The van der Waals surface area contributed by atoms with Crippen molar-refractivity contribution in [2.75, 3.05) is 11.1 Å². The van der Waals surface area contributed by atoms with Crippen LogP contribution in [0.1, 0.15) is 38.3 Å². The van der Waals surface area contributed by atoms with E-state index in [4.69, 9.17) is 0 Å². The van der Waals surface area contributed by atoms with Gasteiger partial charge in [0.15, 0.2) is 0 Å². The van der Waals surface area contributed by atoms with Crippen LogP contribution in [0.2, 0.25) is 0 Å². The molecule has 0 fully saturated rings. The van der Waals surface area contributed by atoms with E-state index in [1.54, 1.807) is 0 Å². The summed E-state index contributed by atoms with van der Waals surface area (Å²) >= 11 is 0. The molecular weight excluding hydrogens is 337 g/mol. The standard InChI is InChI=1S/C20H24FNO2S/c1-20(2,3)16-6-4-15(5-7-16)14-25(24)13-12-19(23)22-18-10-8-17(21)9-11-18/h4-11H,12-14H2,1-3H3,(H,22,23). The van der Waals surface area contributed by atoms with Crippen molar-refractivity contribution in [3.8, 4) is 0 Å². The Bertz CT molecular complexity index is 734. The molecule has 2 aromatic rings. The summed E-state index contributed by atoms with van der Waals surface area (Å²) in [6.45, 7) is 6.46. The molecule has 5 heteroatoms. The first-order valence-electron chi connectivity index (χ1n) is 8.24. The molecule has 0 aliphatic carbocycles. The van der Waals surface area contributed by atoms with Crippen molar-refractivity contribution in [1.29, 1.82) is 0 Å². The number of rotatable bonds is 6. The van der Waals surface area contributed by atoms with Gasteiger partial charge in [-0.25, -0.2) is 4.39 Å². The average molecular weight is 361 g/mol. The van der Waals surface area contributed by atoms with Crippen LogP contribution in [-0.2, 0) is 26.8 Å². The molecule has 0 aromatic heterocycles. The fourth-order valence-electron chi connectivity index (χ4n) is 2.32. The summed E-state index contributed by atoms with van der Waals surface area (Å²) in [6, 6.07) is 13.7. The molecule has 0 aliphatic heterocycles. The Kier molecular flexibility index (Phi) is 6.48. The number of benzene rings is 2. The maximum atomic E-state index is 12.8. The number of halogens is 1. The van der Waals surface area contributed by atoms with Crippen molar-refractivity contribution in [1.82, 2.24) is 0 Å². The second-order valence-electron chi connectivity index (χ2n) is 7.04. The Morgan fingerprint density at radius 2 is 1.64 bits per heavy atom. The number of hydrogen-bond acceptors (Lipinski definition) is 2. The quantitative estimate of drug-likeness (QED) is 0.829. The SMILES string of the molecule is CC(C)(C)c1ccc(CS(=O)CCC(=O)Nc2ccc(F)cc2)cc1. The molecule has 0 aliphatic rings. The Morgan fingerprint density at radius 1 is 1.04 bits per heavy atom. The molecule has 0 radical (unpaired) electrons. The molecule has 0 saturated carbocycles. The van der Waals surface area contributed by atoms with Gasteiger partial charge < -0.3 is 5.32 Å². The lowest BCUT2D eigenvalue weighted by molar-refractivity contribution is -0.115. The Hall–Kier alpha value is -2.01. The van der Waals surface area contributed by atoms with Crippen molar-refractivity contribution in [3.63, 3.8) is 0 Å². The fraction of sp³-hybridized carbons (Fsp3) is 0.350. The summed E-state index contributed by atoms with van der Waals surface area (Å²) in [5.74, 6) is 0.169. The molecule has 1 atom stereocenters. The van der Waals surface area contributed by atoms with Gasteiger partial charge in [0, 0.05) is 34.4 Å². The topological polar surface area (TPSA) is 46.2 Å². The third-order valence-electron chi connectivity index (χ3n) is 3.83. The first-order valence-corrected chi connectivity index (χ1v) is 9.72. The van der Waals surface area contributed by atoms with Crippen LogP contribution in [0, 0.1) is 5.82 Å². The van der Waals surface area contributed by atoms with Crippen molar-refractivity contribution >= 4 is 22.4 Å². The van der Waals surface area contributed by atoms with Crippen LogP contribution in [0.25, 0.3) is 0 Å². The third-order valence-corrected chi connectivity index (χ3v) is 5.15. The van der Waals surface area contributed by atoms with E-state index in [1.807, 2.05) is 12.1 Å². The largest absolute Gasteiger partial charge is 0.326 e. The lowest BCUT2D eigenvalue weighted by Gasteiger charge is -2.19. The number of amides is 1. The lowest BCUT2D eigenvalue weighted by atomic mass is 9.87. The normalized spacial score (nSPS) is 12.6. The molecule has 3 nitrogen and oxygen atoms in total. The van der Waals surface area contributed by atoms with Gasteiger partial charge in [-0.2, -0.15) is 0 Å². The van der Waals surface area contributed by atoms with E-state index >= 15 is 0 Å². The van der Waals surface area contributed by atoms with Gasteiger partial charge in [-0.3, -0.25) is 9.00 Å². The highest BCUT2D eigenvalue weighted by Crippen LogP contribution is 2.22. The van der Waals surface area contributed by atoms with Crippen LogP contribution in [-0.4, -0.2) is 15.9 Å². The monoisotopic (exact) mass is 361 g/mol. The summed E-state index contributed by atoms with van der Waals surface area (Å²) in [7, 11) is -1.10. The molecular formula is C20H24FNO2S. The number of hydrogen-bond donors (Lipinski definition) is 1. The van der Waals surface area contributed by atoms with Crippen LogP contribution in [0.3, 0.4) is 0 Å².